The number of carbonyl (C=O) groups is 1. The summed E-state index contributed by atoms with van der Waals surface area (Å²) in [5.41, 5.74) is 1.21. The molecule has 0 spiro atoms. The SMILES string of the molecule is O=C1NCCn2nc(-c3ccnc(-c4ccc(F)c(F)c4O)n3)cc21. The van der Waals surface area contributed by atoms with Gasteiger partial charge in [0.05, 0.1) is 17.8 Å². The van der Waals surface area contributed by atoms with Crippen LogP contribution in [0.5, 0.6) is 5.75 Å². The van der Waals surface area contributed by atoms with Gasteiger partial charge in [0.1, 0.15) is 11.4 Å². The number of hydrogen-bond donors (Lipinski definition) is 2. The molecule has 3 heterocycles. The van der Waals surface area contributed by atoms with Gasteiger partial charge >= 0.3 is 0 Å². The van der Waals surface area contributed by atoms with Crippen molar-refractivity contribution < 1.29 is 18.7 Å². The molecule has 0 saturated heterocycles. The Balaban J connectivity index is 1.78. The van der Waals surface area contributed by atoms with Crippen LogP contribution in [0.4, 0.5) is 8.78 Å². The number of amides is 1. The number of halogens is 2. The Morgan fingerprint density at radius 3 is 2.84 bits per heavy atom. The quantitative estimate of drug-likeness (QED) is 0.739. The molecule has 9 heteroatoms. The monoisotopic (exact) mass is 343 g/mol. The van der Waals surface area contributed by atoms with Crippen LogP contribution < -0.4 is 5.32 Å². The molecule has 0 atom stereocenters. The normalized spacial score (nSPS) is 13.4. The first-order valence-electron chi connectivity index (χ1n) is 7.41. The Morgan fingerprint density at radius 2 is 2.04 bits per heavy atom. The lowest BCUT2D eigenvalue weighted by Gasteiger charge is -2.13. The molecule has 0 unspecified atom stereocenters. The number of hydrogen-bond acceptors (Lipinski definition) is 5. The molecule has 0 radical (unpaired) electrons. The lowest BCUT2D eigenvalue weighted by molar-refractivity contribution is 0.0924. The number of aromatic hydroxyl groups is 1. The Hall–Kier alpha value is -3.36. The van der Waals surface area contributed by atoms with Crippen molar-refractivity contribution in [1.82, 2.24) is 25.1 Å². The average molecular weight is 343 g/mol. The molecule has 3 aromatic rings. The Bertz CT molecular complexity index is 1000. The molecule has 2 N–H and O–H groups in total. The lowest BCUT2D eigenvalue weighted by Crippen LogP contribution is -2.35. The lowest BCUT2D eigenvalue weighted by atomic mass is 10.1. The summed E-state index contributed by atoms with van der Waals surface area (Å²) in [5.74, 6) is -3.59. The van der Waals surface area contributed by atoms with Crippen LogP contribution in [0.3, 0.4) is 0 Å². The molecule has 7 nitrogen and oxygen atoms in total. The third kappa shape index (κ3) is 2.49. The standard InChI is InChI=1S/C16H11F2N5O2/c17-9-2-1-8(14(24)13(9)18)15-19-4-3-10(21-15)11-7-12-16(25)20-5-6-23(12)22-11/h1-4,7,24H,5-6H2,(H,20,25). The number of carbonyl (C=O) groups excluding carboxylic acids is 1. The smallest absolute Gasteiger partial charge is 0.269 e. The largest absolute Gasteiger partial charge is 0.504 e. The number of phenolic OH excluding ortho intramolecular Hbond substituents is 1. The maximum atomic E-state index is 13.6. The summed E-state index contributed by atoms with van der Waals surface area (Å²) in [6, 6.07) is 5.25. The van der Waals surface area contributed by atoms with Crippen LogP contribution in [-0.2, 0) is 6.54 Å². The predicted molar refractivity (Wildman–Crippen MR) is 82.6 cm³/mol. The highest BCUT2D eigenvalue weighted by molar-refractivity contribution is 5.94. The molecule has 0 bridgehead atoms. The summed E-state index contributed by atoms with van der Waals surface area (Å²) < 4.78 is 28.3. The van der Waals surface area contributed by atoms with E-state index in [1.165, 1.54) is 12.3 Å². The Labute approximate surface area is 140 Å². The maximum Gasteiger partial charge on any atom is 0.269 e. The molecule has 1 amide bonds. The van der Waals surface area contributed by atoms with Crippen LogP contribution in [0.1, 0.15) is 10.5 Å². The van der Waals surface area contributed by atoms with Crippen molar-refractivity contribution in [2.24, 2.45) is 0 Å². The van der Waals surface area contributed by atoms with Crippen LogP contribution in [0.15, 0.2) is 30.5 Å². The zero-order valence-electron chi connectivity index (χ0n) is 12.7. The fraction of sp³-hybridized carbons (Fsp3) is 0.125. The zero-order valence-corrected chi connectivity index (χ0v) is 12.7. The number of rotatable bonds is 2. The van der Waals surface area contributed by atoms with Gasteiger partial charge in [0.2, 0.25) is 5.82 Å². The van der Waals surface area contributed by atoms with E-state index in [1.807, 2.05) is 0 Å². The first-order valence-corrected chi connectivity index (χ1v) is 7.41. The van der Waals surface area contributed by atoms with Crippen molar-refractivity contribution in [3.8, 4) is 28.5 Å². The number of fused-ring (bicyclic) bond motifs is 1. The van der Waals surface area contributed by atoms with Crippen LogP contribution in [-0.4, -0.2) is 37.3 Å². The van der Waals surface area contributed by atoms with E-state index in [-0.39, 0.29) is 17.3 Å². The van der Waals surface area contributed by atoms with Crippen LogP contribution in [0.2, 0.25) is 0 Å². The molecule has 2 aromatic heterocycles. The van der Waals surface area contributed by atoms with Gasteiger partial charge in [-0.05, 0) is 24.3 Å². The van der Waals surface area contributed by atoms with Crippen molar-refractivity contribution in [3.63, 3.8) is 0 Å². The first-order chi connectivity index (χ1) is 12.0. The van der Waals surface area contributed by atoms with Gasteiger partial charge in [0.15, 0.2) is 17.4 Å². The predicted octanol–water partition coefficient (Wildman–Crippen LogP) is 1.73. The van der Waals surface area contributed by atoms with Gasteiger partial charge in [-0.1, -0.05) is 0 Å². The van der Waals surface area contributed by atoms with Gasteiger partial charge in [-0.3, -0.25) is 9.48 Å². The van der Waals surface area contributed by atoms with E-state index >= 15 is 0 Å². The molecule has 0 saturated carbocycles. The highest BCUT2D eigenvalue weighted by Crippen LogP contribution is 2.31. The van der Waals surface area contributed by atoms with Gasteiger partial charge in [0, 0.05) is 12.7 Å². The highest BCUT2D eigenvalue weighted by Gasteiger charge is 2.21. The number of aromatic nitrogens is 4. The van der Waals surface area contributed by atoms with Gasteiger partial charge in [-0.2, -0.15) is 9.49 Å². The Kier molecular flexibility index (Phi) is 3.41. The summed E-state index contributed by atoms with van der Waals surface area (Å²) in [6.07, 6.45) is 1.41. The van der Waals surface area contributed by atoms with E-state index in [0.29, 0.717) is 30.2 Å². The first kappa shape index (κ1) is 15.2. The molecular formula is C16H11F2N5O2. The summed E-state index contributed by atoms with van der Waals surface area (Å²) >= 11 is 0. The van der Waals surface area contributed by atoms with E-state index in [0.717, 1.165) is 6.07 Å². The summed E-state index contributed by atoms with van der Waals surface area (Å²) in [6.45, 7) is 1.04. The third-order valence-corrected chi connectivity index (χ3v) is 3.85. The van der Waals surface area contributed by atoms with Crippen LogP contribution >= 0.6 is 0 Å². The van der Waals surface area contributed by atoms with Crippen LogP contribution in [0.25, 0.3) is 22.8 Å². The molecule has 0 fully saturated rings. The van der Waals surface area contributed by atoms with E-state index < -0.39 is 17.4 Å². The summed E-state index contributed by atoms with van der Waals surface area (Å²) in [4.78, 5) is 20.1. The number of phenols is 1. The van der Waals surface area contributed by atoms with E-state index in [1.54, 1.807) is 16.8 Å². The average Bonchev–Trinajstić information content (AvgIpc) is 3.06. The van der Waals surface area contributed by atoms with Gasteiger partial charge in [-0.15, -0.1) is 0 Å². The minimum Gasteiger partial charge on any atom is -0.504 e. The van der Waals surface area contributed by atoms with E-state index in [9.17, 15) is 18.7 Å². The molecule has 0 aliphatic carbocycles. The summed E-state index contributed by atoms with van der Waals surface area (Å²) in [7, 11) is 0. The van der Waals surface area contributed by atoms with Crippen molar-refractivity contribution in [1.29, 1.82) is 0 Å². The second-order valence-corrected chi connectivity index (χ2v) is 5.42. The Morgan fingerprint density at radius 1 is 1.20 bits per heavy atom. The van der Waals surface area contributed by atoms with Crippen molar-refractivity contribution >= 4 is 5.91 Å². The second kappa shape index (κ2) is 5.62. The third-order valence-electron chi connectivity index (χ3n) is 3.85. The van der Waals surface area contributed by atoms with Gasteiger partial charge in [0.25, 0.3) is 5.91 Å². The fourth-order valence-corrected chi connectivity index (χ4v) is 2.61. The number of nitrogens with one attached hydrogen (secondary N) is 1. The van der Waals surface area contributed by atoms with E-state index in [4.69, 9.17) is 0 Å². The summed E-state index contributed by atoms with van der Waals surface area (Å²) in [5, 5.41) is 16.8. The molecule has 1 aliphatic rings. The van der Waals surface area contributed by atoms with E-state index in [2.05, 4.69) is 20.4 Å². The molecule has 1 aliphatic heterocycles. The van der Waals surface area contributed by atoms with Gasteiger partial charge in [-0.25, -0.2) is 14.4 Å². The van der Waals surface area contributed by atoms with Crippen molar-refractivity contribution in [2.75, 3.05) is 6.54 Å². The molecule has 4 rings (SSSR count). The van der Waals surface area contributed by atoms with Gasteiger partial charge < -0.3 is 10.4 Å². The van der Waals surface area contributed by atoms with Crippen molar-refractivity contribution in [3.05, 3.63) is 47.8 Å². The highest BCUT2D eigenvalue weighted by atomic mass is 19.2. The molecular weight excluding hydrogens is 332 g/mol. The number of nitrogens with zero attached hydrogens (tertiary/aromatic N) is 4. The topological polar surface area (TPSA) is 92.9 Å². The molecule has 126 valence electrons. The molecule has 1 aromatic carbocycles. The number of benzene rings is 1. The minimum absolute atomic E-state index is 0.0179. The van der Waals surface area contributed by atoms with Crippen molar-refractivity contribution in [2.45, 2.75) is 6.54 Å². The van der Waals surface area contributed by atoms with Crippen LogP contribution in [0, 0.1) is 11.6 Å². The maximum absolute atomic E-state index is 13.6. The molecule has 25 heavy (non-hydrogen) atoms. The minimum atomic E-state index is -1.36. The fourth-order valence-electron chi connectivity index (χ4n) is 2.61. The zero-order chi connectivity index (χ0) is 17.6. The second-order valence-electron chi connectivity index (χ2n) is 5.42.